The molecular weight excluding hydrogens is 422 g/mol. The molecule has 0 spiro atoms. The molecule has 1 saturated heterocycles. The van der Waals surface area contributed by atoms with Gasteiger partial charge in [0.15, 0.2) is 0 Å². The molecule has 1 fully saturated rings. The van der Waals surface area contributed by atoms with Crippen LogP contribution in [-0.2, 0) is 23.9 Å². The molecule has 2 aliphatic rings. The fourth-order valence-corrected chi connectivity index (χ4v) is 3.96. The molecule has 0 radical (unpaired) electrons. The maximum Gasteiger partial charge on any atom is 0.306 e. The van der Waals surface area contributed by atoms with Crippen LogP contribution in [-0.4, -0.2) is 68.6 Å². The number of benzene rings is 1. The minimum Gasteiger partial charge on any atom is -0.456 e. The van der Waals surface area contributed by atoms with Crippen molar-refractivity contribution >= 4 is 17.8 Å². The first kappa shape index (κ1) is 24.9. The first-order valence-corrected chi connectivity index (χ1v) is 11.9. The molecule has 2 N–H and O–H groups in total. The lowest BCUT2D eigenvalue weighted by atomic mass is 9.98. The zero-order valence-corrected chi connectivity index (χ0v) is 19.2. The average molecular weight is 458 g/mol. The van der Waals surface area contributed by atoms with Crippen LogP contribution in [0.15, 0.2) is 42.5 Å². The summed E-state index contributed by atoms with van der Waals surface area (Å²) in [7, 11) is 0. The van der Waals surface area contributed by atoms with Gasteiger partial charge in [0.05, 0.1) is 25.7 Å². The number of ether oxygens (including phenoxy) is 2. The molecule has 0 saturated carbocycles. The van der Waals surface area contributed by atoms with E-state index in [4.69, 9.17) is 9.47 Å². The predicted molar refractivity (Wildman–Crippen MR) is 124 cm³/mol. The molecule has 3 rings (SSSR count). The molecule has 0 unspecified atom stereocenters. The van der Waals surface area contributed by atoms with E-state index in [9.17, 15) is 14.4 Å². The second kappa shape index (κ2) is 13.7. The quantitative estimate of drug-likeness (QED) is 0.369. The van der Waals surface area contributed by atoms with Crippen molar-refractivity contribution in [3.8, 4) is 0 Å². The van der Waals surface area contributed by atoms with Gasteiger partial charge in [-0.2, -0.15) is 0 Å². The van der Waals surface area contributed by atoms with Crippen molar-refractivity contribution in [2.45, 2.75) is 38.2 Å². The summed E-state index contributed by atoms with van der Waals surface area (Å²) in [4.78, 5) is 39.9. The van der Waals surface area contributed by atoms with Crippen LogP contribution in [0.1, 0.15) is 43.8 Å². The van der Waals surface area contributed by atoms with Crippen LogP contribution in [0, 0.1) is 5.92 Å². The number of esters is 1. The molecule has 0 aromatic heterocycles. The van der Waals surface area contributed by atoms with Gasteiger partial charge in [-0.1, -0.05) is 42.5 Å². The lowest BCUT2D eigenvalue weighted by Crippen LogP contribution is -2.39. The van der Waals surface area contributed by atoms with Crippen LogP contribution in [0.4, 0.5) is 0 Å². The zero-order chi connectivity index (χ0) is 23.3. The third-order valence-corrected chi connectivity index (χ3v) is 5.89. The molecule has 0 aliphatic carbocycles. The maximum absolute atomic E-state index is 12.9. The second-order valence-corrected chi connectivity index (χ2v) is 8.44. The van der Waals surface area contributed by atoms with E-state index in [0.717, 1.165) is 44.8 Å². The average Bonchev–Trinajstić information content (AvgIpc) is 2.83. The summed E-state index contributed by atoms with van der Waals surface area (Å²) >= 11 is 0. The third-order valence-electron chi connectivity index (χ3n) is 5.89. The van der Waals surface area contributed by atoms with E-state index in [0.29, 0.717) is 19.4 Å². The molecule has 8 nitrogen and oxygen atoms in total. The number of nitrogens with one attached hydrogen (secondary N) is 2. The monoisotopic (exact) mass is 457 g/mol. The van der Waals surface area contributed by atoms with E-state index >= 15 is 0 Å². The summed E-state index contributed by atoms with van der Waals surface area (Å²) in [6, 6.07) is 9.38. The Labute approximate surface area is 195 Å². The molecular formula is C25H35N3O5. The number of amides is 2. The van der Waals surface area contributed by atoms with Crippen LogP contribution in [0.3, 0.4) is 0 Å². The number of hydrogen-bond donors (Lipinski definition) is 2. The number of carbonyl (C=O) groups is 3. The summed E-state index contributed by atoms with van der Waals surface area (Å²) in [5, 5.41) is 5.83. The van der Waals surface area contributed by atoms with Gasteiger partial charge in [0.25, 0.3) is 0 Å². The minimum atomic E-state index is -0.555. The second-order valence-electron chi connectivity index (χ2n) is 8.44. The number of morpholine rings is 1. The van der Waals surface area contributed by atoms with Crippen molar-refractivity contribution in [1.29, 1.82) is 0 Å². The summed E-state index contributed by atoms with van der Waals surface area (Å²) in [5.74, 6) is -1.09. The summed E-state index contributed by atoms with van der Waals surface area (Å²) in [6.07, 6.45) is 5.47. The maximum atomic E-state index is 12.9. The Morgan fingerprint density at radius 3 is 2.70 bits per heavy atom. The standard InChI is InChI=1S/C25H35N3O5/c29-23(26-12-7-13-28-14-16-32-17-15-28)18-21-10-5-2-6-11-24(30)33-22(19-27-25(21)31)20-8-3-1-4-9-20/h1-5,8-9,21-22H,6-7,10-19H2,(H,26,29)(H,27,31)/b5-2+/t21-,22-/m0/s1. The number of nitrogens with zero attached hydrogens (tertiary/aromatic N) is 1. The Morgan fingerprint density at radius 2 is 1.91 bits per heavy atom. The molecule has 180 valence electrons. The van der Waals surface area contributed by atoms with Crippen LogP contribution < -0.4 is 10.6 Å². The first-order valence-electron chi connectivity index (χ1n) is 11.9. The molecule has 8 heteroatoms. The summed E-state index contributed by atoms with van der Waals surface area (Å²) < 4.78 is 11.0. The highest BCUT2D eigenvalue weighted by atomic mass is 16.5. The smallest absolute Gasteiger partial charge is 0.306 e. The first-order chi connectivity index (χ1) is 16.1. The lowest BCUT2D eigenvalue weighted by Gasteiger charge is -2.26. The predicted octanol–water partition coefficient (Wildman–Crippen LogP) is 1.97. The van der Waals surface area contributed by atoms with E-state index in [1.165, 1.54) is 0 Å². The number of cyclic esters (lactones) is 1. The van der Waals surface area contributed by atoms with Crippen molar-refractivity contribution in [2.24, 2.45) is 5.92 Å². The molecule has 2 amide bonds. The zero-order valence-electron chi connectivity index (χ0n) is 19.2. The molecule has 1 aromatic rings. The highest BCUT2D eigenvalue weighted by Gasteiger charge is 2.24. The highest BCUT2D eigenvalue weighted by Crippen LogP contribution is 2.19. The van der Waals surface area contributed by atoms with Gasteiger partial charge in [0, 0.05) is 32.5 Å². The van der Waals surface area contributed by atoms with Gasteiger partial charge in [0.2, 0.25) is 11.8 Å². The Bertz CT molecular complexity index is 792. The van der Waals surface area contributed by atoms with Crippen molar-refractivity contribution in [3.05, 3.63) is 48.0 Å². The fourth-order valence-electron chi connectivity index (χ4n) is 3.96. The minimum absolute atomic E-state index is 0.122. The van der Waals surface area contributed by atoms with Gasteiger partial charge < -0.3 is 20.1 Å². The van der Waals surface area contributed by atoms with Crippen LogP contribution >= 0.6 is 0 Å². The number of hydrogen-bond acceptors (Lipinski definition) is 6. The molecule has 0 bridgehead atoms. The van der Waals surface area contributed by atoms with Gasteiger partial charge in [0.1, 0.15) is 6.10 Å². The number of rotatable bonds is 7. The Kier molecular flexibility index (Phi) is 10.4. The van der Waals surface area contributed by atoms with Crippen molar-refractivity contribution in [3.63, 3.8) is 0 Å². The largest absolute Gasteiger partial charge is 0.456 e. The van der Waals surface area contributed by atoms with Crippen molar-refractivity contribution < 1.29 is 23.9 Å². The van der Waals surface area contributed by atoms with Gasteiger partial charge in [-0.25, -0.2) is 0 Å². The Hall–Kier alpha value is -2.71. The summed E-state index contributed by atoms with van der Waals surface area (Å²) in [5.41, 5.74) is 0.827. The molecule has 2 heterocycles. The van der Waals surface area contributed by atoms with Crippen LogP contribution in [0.2, 0.25) is 0 Å². The normalized spacial score (nSPS) is 24.0. The molecule has 1 aromatic carbocycles. The lowest BCUT2D eigenvalue weighted by molar-refractivity contribution is -0.150. The van der Waals surface area contributed by atoms with E-state index in [1.54, 1.807) is 0 Å². The molecule has 33 heavy (non-hydrogen) atoms. The SMILES string of the molecule is O=C(C[C@@H]1C/C=C/CCC(=O)O[C@H](c2ccccc2)CNC1=O)NCCCN1CCOCC1. The van der Waals surface area contributed by atoms with Crippen molar-refractivity contribution in [1.82, 2.24) is 15.5 Å². The summed E-state index contributed by atoms with van der Waals surface area (Å²) in [6.45, 7) is 5.09. The Balaban J connectivity index is 1.51. The van der Waals surface area contributed by atoms with E-state index in [2.05, 4.69) is 15.5 Å². The topological polar surface area (TPSA) is 97.0 Å². The highest BCUT2D eigenvalue weighted by molar-refractivity contribution is 5.86. The van der Waals surface area contributed by atoms with Gasteiger partial charge in [-0.15, -0.1) is 0 Å². The van der Waals surface area contributed by atoms with E-state index < -0.39 is 12.0 Å². The van der Waals surface area contributed by atoms with Gasteiger partial charge >= 0.3 is 5.97 Å². The van der Waals surface area contributed by atoms with E-state index in [-0.39, 0.29) is 37.2 Å². The fraction of sp³-hybridized carbons (Fsp3) is 0.560. The van der Waals surface area contributed by atoms with E-state index in [1.807, 2.05) is 42.5 Å². The van der Waals surface area contributed by atoms with Crippen LogP contribution in [0.25, 0.3) is 0 Å². The van der Waals surface area contributed by atoms with Gasteiger partial charge in [-0.3, -0.25) is 19.3 Å². The third kappa shape index (κ3) is 8.98. The number of allylic oxidation sites excluding steroid dienone is 2. The Morgan fingerprint density at radius 1 is 1.12 bits per heavy atom. The van der Waals surface area contributed by atoms with Crippen LogP contribution in [0.5, 0.6) is 0 Å². The number of carbonyl (C=O) groups excluding carboxylic acids is 3. The molecule has 2 atom stereocenters. The van der Waals surface area contributed by atoms with Crippen molar-refractivity contribution in [2.75, 3.05) is 45.9 Å². The van der Waals surface area contributed by atoms with Gasteiger partial charge in [-0.05, 0) is 31.4 Å². The molecule has 2 aliphatic heterocycles.